The number of benzene rings is 1. The minimum absolute atomic E-state index is 0.635. The summed E-state index contributed by atoms with van der Waals surface area (Å²) in [5, 5.41) is 1.09. The van der Waals surface area contributed by atoms with Gasteiger partial charge in [0.25, 0.3) is 0 Å². The molecule has 2 heteroatoms. The molecule has 0 aliphatic carbocycles. The highest BCUT2D eigenvalue weighted by molar-refractivity contribution is 5.88. The molecule has 0 saturated heterocycles. The van der Waals surface area contributed by atoms with Gasteiger partial charge in [-0.05, 0) is 24.6 Å². The zero-order valence-electron chi connectivity index (χ0n) is 10.2. The summed E-state index contributed by atoms with van der Waals surface area (Å²) in [6, 6.07) is 7.92. The van der Waals surface area contributed by atoms with E-state index in [1.54, 1.807) is 0 Å². The van der Waals surface area contributed by atoms with Gasteiger partial charge in [0.15, 0.2) is 6.29 Å². The fraction of sp³-hybridized carbons (Fsp3) is 0.357. The van der Waals surface area contributed by atoms with Crippen LogP contribution in [0.3, 0.4) is 0 Å². The van der Waals surface area contributed by atoms with Gasteiger partial charge in [0.1, 0.15) is 0 Å². The van der Waals surface area contributed by atoms with Gasteiger partial charge in [-0.3, -0.25) is 4.79 Å². The Labute approximate surface area is 96.7 Å². The van der Waals surface area contributed by atoms with Crippen LogP contribution in [0.1, 0.15) is 42.7 Å². The number of unbranched alkanes of at least 4 members (excludes halogenated alkanes) is 1. The number of hydrogen-bond acceptors (Lipinski definition) is 1. The second-order valence-electron chi connectivity index (χ2n) is 3.93. The van der Waals surface area contributed by atoms with E-state index >= 15 is 0 Å². The predicted octanol–water partition coefficient (Wildman–Crippen LogP) is 4.10. The quantitative estimate of drug-likeness (QED) is 0.755. The number of aromatic amines is 1. The first-order valence-electron chi connectivity index (χ1n) is 5.75. The van der Waals surface area contributed by atoms with Crippen molar-refractivity contribution >= 4 is 17.2 Å². The van der Waals surface area contributed by atoms with Crippen molar-refractivity contribution in [1.29, 1.82) is 0 Å². The second-order valence-corrected chi connectivity index (χ2v) is 3.93. The van der Waals surface area contributed by atoms with Crippen LogP contribution in [-0.4, -0.2) is 11.3 Å². The van der Waals surface area contributed by atoms with Gasteiger partial charge in [0.2, 0.25) is 0 Å². The van der Waals surface area contributed by atoms with E-state index in [1.807, 2.05) is 31.2 Å². The fourth-order valence-corrected chi connectivity index (χ4v) is 1.33. The lowest BCUT2D eigenvalue weighted by Gasteiger charge is -1.90. The maximum absolute atomic E-state index is 10.4. The highest BCUT2D eigenvalue weighted by Crippen LogP contribution is 2.15. The number of H-pyrrole nitrogens is 1. The standard InChI is InChI=1S/C10H9NO.C4H10/c1-7-2-3-8-5-9(6-12)11-10(8)4-7;1-3-4-2/h2-6,11H,1H3;3-4H2,1-2H3. The number of rotatable bonds is 2. The first-order valence-corrected chi connectivity index (χ1v) is 5.75. The van der Waals surface area contributed by atoms with Crippen molar-refractivity contribution in [3.63, 3.8) is 0 Å². The van der Waals surface area contributed by atoms with Crippen LogP contribution in [0.4, 0.5) is 0 Å². The Kier molecular flexibility index (Phi) is 4.77. The van der Waals surface area contributed by atoms with Gasteiger partial charge in [0, 0.05) is 10.9 Å². The monoisotopic (exact) mass is 217 g/mol. The van der Waals surface area contributed by atoms with E-state index in [4.69, 9.17) is 0 Å². The molecular weight excluding hydrogens is 198 g/mol. The summed E-state index contributed by atoms with van der Waals surface area (Å²) in [6.45, 7) is 6.39. The van der Waals surface area contributed by atoms with Crippen molar-refractivity contribution in [3.8, 4) is 0 Å². The van der Waals surface area contributed by atoms with Gasteiger partial charge < -0.3 is 4.98 Å². The number of fused-ring (bicyclic) bond motifs is 1. The van der Waals surface area contributed by atoms with E-state index in [1.165, 1.54) is 18.4 Å². The van der Waals surface area contributed by atoms with Crippen molar-refractivity contribution < 1.29 is 4.79 Å². The number of nitrogens with one attached hydrogen (secondary N) is 1. The number of aryl methyl sites for hydroxylation is 1. The average molecular weight is 217 g/mol. The molecule has 0 aliphatic rings. The molecule has 2 nitrogen and oxygen atoms in total. The number of carbonyl (C=O) groups excluding carboxylic acids is 1. The molecule has 1 heterocycles. The zero-order chi connectivity index (χ0) is 12.0. The third kappa shape index (κ3) is 3.23. The SMILES string of the molecule is CCCC.Cc1ccc2cc(C=O)[nH]c2c1. The van der Waals surface area contributed by atoms with Gasteiger partial charge in [-0.25, -0.2) is 0 Å². The maximum atomic E-state index is 10.4. The molecule has 2 aromatic rings. The summed E-state index contributed by atoms with van der Waals surface area (Å²) >= 11 is 0. The summed E-state index contributed by atoms with van der Waals surface area (Å²) in [5.74, 6) is 0. The summed E-state index contributed by atoms with van der Waals surface area (Å²) < 4.78 is 0. The molecule has 0 radical (unpaired) electrons. The molecule has 0 amide bonds. The van der Waals surface area contributed by atoms with Crippen molar-refractivity contribution in [2.75, 3.05) is 0 Å². The van der Waals surface area contributed by atoms with Crippen LogP contribution >= 0.6 is 0 Å². The predicted molar refractivity (Wildman–Crippen MR) is 69.0 cm³/mol. The zero-order valence-corrected chi connectivity index (χ0v) is 10.2. The largest absolute Gasteiger partial charge is 0.352 e. The lowest BCUT2D eigenvalue weighted by Crippen LogP contribution is -1.75. The van der Waals surface area contributed by atoms with E-state index < -0.39 is 0 Å². The Bertz CT molecular complexity index is 455. The number of carbonyl (C=O) groups is 1. The van der Waals surface area contributed by atoms with E-state index in [-0.39, 0.29) is 0 Å². The molecule has 0 spiro atoms. The van der Waals surface area contributed by atoms with Crippen LogP contribution in [0, 0.1) is 6.92 Å². The van der Waals surface area contributed by atoms with Gasteiger partial charge in [-0.1, -0.05) is 38.8 Å². The van der Waals surface area contributed by atoms with E-state index in [0.29, 0.717) is 5.69 Å². The number of hydrogen-bond donors (Lipinski definition) is 1. The molecule has 1 N–H and O–H groups in total. The Morgan fingerprint density at radius 2 is 1.88 bits per heavy atom. The third-order valence-corrected chi connectivity index (χ3v) is 2.43. The third-order valence-electron chi connectivity index (χ3n) is 2.43. The van der Waals surface area contributed by atoms with E-state index in [2.05, 4.69) is 18.8 Å². The Hall–Kier alpha value is -1.57. The topological polar surface area (TPSA) is 32.9 Å². The summed E-state index contributed by atoms with van der Waals surface area (Å²) in [7, 11) is 0. The van der Waals surface area contributed by atoms with E-state index in [9.17, 15) is 4.79 Å². The van der Waals surface area contributed by atoms with Gasteiger partial charge in [-0.15, -0.1) is 0 Å². The lowest BCUT2D eigenvalue weighted by atomic mass is 10.2. The number of aromatic nitrogens is 1. The normalized spacial score (nSPS) is 9.69. The lowest BCUT2D eigenvalue weighted by molar-refractivity contribution is 0.112. The molecule has 1 aromatic carbocycles. The second kappa shape index (κ2) is 6.11. The molecule has 0 atom stereocenters. The van der Waals surface area contributed by atoms with Crippen LogP contribution in [-0.2, 0) is 0 Å². The van der Waals surface area contributed by atoms with Crippen molar-refractivity contribution in [1.82, 2.24) is 4.98 Å². The molecule has 0 unspecified atom stereocenters. The average Bonchev–Trinajstić information content (AvgIpc) is 2.71. The Balaban J connectivity index is 0.000000280. The molecule has 0 aliphatic heterocycles. The minimum atomic E-state index is 0.635. The van der Waals surface area contributed by atoms with E-state index in [0.717, 1.165) is 17.2 Å². The molecule has 1 aromatic heterocycles. The summed E-state index contributed by atoms with van der Waals surface area (Å²) in [4.78, 5) is 13.4. The van der Waals surface area contributed by atoms with Gasteiger partial charge >= 0.3 is 0 Å². The fourth-order valence-electron chi connectivity index (χ4n) is 1.33. The van der Waals surface area contributed by atoms with Gasteiger partial charge in [0.05, 0.1) is 5.69 Å². The van der Waals surface area contributed by atoms with Crippen LogP contribution in [0.5, 0.6) is 0 Å². The smallest absolute Gasteiger partial charge is 0.166 e. The summed E-state index contributed by atoms with van der Waals surface area (Å²) in [5.41, 5.74) is 2.86. The van der Waals surface area contributed by atoms with Crippen molar-refractivity contribution in [2.45, 2.75) is 33.6 Å². The number of aldehydes is 1. The molecular formula is C14H19NO. The van der Waals surface area contributed by atoms with Crippen molar-refractivity contribution in [3.05, 3.63) is 35.5 Å². The molecule has 0 fully saturated rings. The highest BCUT2D eigenvalue weighted by Gasteiger charge is 1.98. The molecule has 16 heavy (non-hydrogen) atoms. The molecule has 0 bridgehead atoms. The molecule has 86 valence electrons. The first-order chi connectivity index (χ1) is 7.71. The van der Waals surface area contributed by atoms with Crippen LogP contribution < -0.4 is 0 Å². The van der Waals surface area contributed by atoms with Crippen LogP contribution in [0.15, 0.2) is 24.3 Å². The Morgan fingerprint density at radius 1 is 1.19 bits per heavy atom. The molecule has 2 rings (SSSR count). The van der Waals surface area contributed by atoms with Crippen LogP contribution in [0.2, 0.25) is 0 Å². The molecule has 0 saturated carbocycles. The highest BCUT2D eigenvalue weighted by atomic mass is 16.1. The van der Waals surface area contributed by atoms with Crippen LogP contribution in [0.25, 0.3) is 10.9 Å². The van der Waals surface area contributed by atoms with Gasteiger partial charge in [-0.2, -0.15) is 0 Å². The first kappa shape index (κ1) is 12.5. The Morgan fingerprint density at radius 3 is 2.44 bits per heavy atom. The maximum Gasteiger partial charge on any atom is 0.166 e. The summed E-state index contributed by atoms with van der Waals surface area (Å²) in [6.07, 6.45) is 3.47. The van der Waals surface area contributed by atoms with Crippen molar-refractivity contribution in [2.24, 2.45) is 0 Å². The minimum Gasteiger partial charge on any atom is -0.352 e.